The molecule has 0 aromatic heterocycles. The molecule has 0 bridgehead atoms. The number of hydrogen-bond donors (Lipinski definition) is 1. The van der Waals surface area contributed by atoms with Crippen molar-refractivity contribution in [3.8, 4) is 0 Å². The number of benzene rings is 2. The molecule has 0 heterocycles. The first kappa shape index (κ1) is 16.4. The van der Waals surface area contributed by atoms with E-state index in [1.165, 1.54) is 5.56 Å². The van der Waals surface area contributed by atoms with E-state index in [2.05, 4.69) is 12.1 Å². The molecule has 0 spiro atoms. The molecule has 3 nitrogen and oxygen atoms in total. The second kappa shape index (κ2) is 9.13. The van der Waals surface area contributed by atoms with Crippen molar-refractivity contribution in [2.45, 2.75) is 25.8 Å². The van der Waals surface area contributed by atoms with Gasteiger partial charge >= 0.3 is 0 Å². The third-order valence-electron chi connectivity index (χ3n) is 3.58. The van der Waals surface area contributed by atoms with E-state index in [9.17, 15) is 4.79 Å². The van der Waals surface area contributed by atoms with Gasteiger partial charge in [0.05, 0.1) is 6.61 Å². The molecule has 0 saturated heterocycles. The number of carbonyl (C=O) groups is 1. The third kappa shape index (κ3) is 5.43. The molecule has 0 saturated carbocycles. The predicted octanol–water partition coefficient (Wildman–Crippen LogP) is 3.37. The first-order valence-corrected chi connectivity index (χ1v) is 7.73. The average molecular weight is 297 g/mol. The normalized spacial score (nSPS) is 10.6. The van der Waals surface area contributed by atoms with Crippen LogP contribution in [-0.2, 0) is 17.7 Å². The van der Waals surface area contributed by atoms with Crippen molar-refractivity contribution < 1.29 is 9.53 Å². The maximum Gasteiger partial charge on any atom is 0.162 e. The van der Waals surface area contributed by atoms with Gasteiger partial charge in [-0.25, -0.2) is 0 Å². The minimum absolute atomic E-state index is 0.162. The molecule has 0 atom stereocenters. The second-order valence-electron chi connectivity index (χ2n) is 5.28. The standard InChI is InChI=1S/C19H23NO2/c20-15-17-8-10-18(11-9-17)19(21)7-4-13-22-14-12-16-5-2-1-3-6-16/h1-3,5-6,8-11H,4,7,12-15,20H2. The molecule has 116 valence electrons. The maximum atomic E-state index is 12.0. The first-order chi connectivity index (χ1) is 10.8. The van der Waals surface area contributed by atoms with Crippen LogP contribution in [0.2, 0.25) is 0 Å². The molecular formula is C19H23NO2. The fourth-order valence-corrected chi connectivity index (χ4v) is 2.24. The minimum atomic E-state index is 0.162. The molecule has 0 amide bonds. The van der Waals surface area contributed by atoms with Crippen molar-refractivity contribution in [3.63, 3.8) is 0 Å². The number of ether oxygens (including phenoxy) is 1. The summed E-state index contributed by atoms with van der Waals surface area (Å²) in [5.74, 6) is 0.162. The Morgan fingerprint density at radius 3 is 2.32 bits per heavy atom. The van der Waals surface area contributed by atoms with Crippen molar-refractivity contribution in [1.82, 2.24) is 0 Å². The van der Waals surface area contributed by atoms with Crippen molar-refractivity contribution >= 4 is 5.78 Å². The lowest BCUT2D eigenvalue weighted by atomic mass is 10.0. The lowest BCUT2D eigenvalue weighted by Crippen LogP contribution is -2.05. The molecular weight excluding hydrogens is 274 g/mol. The summed E-state index contributed by atoms with van der Waals surface area (Å²) in [4.78, 5) is 12.0. The summed E-state index contributed by atoms with van der Waals surface area (Å²) < 4.78 is 5.59. The molecule has 0 fully saturated rings. The summed E-state index contributed by atoms with van der Waals surface area (Å²) in [7, 11) is 0. The van der Waals surface area contributed by atoms with Gasteiger partial charge in [-0.2, -0.15) is 0 Å². The van der Waals surface area contributed by atoms with Crippen LogP contribution in [0.4, 0.5) is 0 Å². The van der Waals surface area contributed by atoms with Crippen LogP contribution in [0.5, 0.6) is 0 Å². The summed E-state index contributed by atoms with van der Waals surface area (Å²) >= 11 is 0. The zero-order chi connectivity index (χ0) is 15.6. The number of nitrogens with two attached hydrogens (primary N) is 1. The van der Waals surface area contributed by atoms with Gasteiger partial charge in [-0.3, -0.25) is 4.79 Å². The monoisotopic (exact) mass is 297 g/mol. The SMILES string of the molecule is NCc1ccc(C(=O)CCCOCCc2ccccc2)cc1. The fourth-order valence-electron chi connectivity index (χ4n) is 2.24. The van der Waals surface area contributed by atoms with Gasteiger partial charge in [0.2, 0.25) is 0 Å². The maximum absolute atomic E-state index is 12.0. The van der Waals surface area contributed by atoms with E-state index in [0.717, 1.165) is 24.0 Å². The highest BCUT2D eigenvalue weighted by Crippen LogP contribution is 2.08. The molecule has 0 aliphatic carbocycles. The second-order valence-corrected chi connectivity index (χ2v) is 5.28. The van der Waals surface area contributed by atoms with Crippen molar-refractivity contribution in [3.05, 3.63) is 71.3 Å². The van der Waals surface area contributed by atoms with Crippen molar-refractivity contribution in [1.29, 1.82) is 0 Å². The van der Waals surface area contributed by atoms with Gasteiger partial charge in [0, 0.05) is 25.1 Å². The Labute approximate surface area is 132 Å². The Bertz CT molecular complexity index is 564. The van der Waals surface area contributed by atoms with E-state index in [1.54, 1.807) is 0 Å². The van der Waals surface area contributed by atoms with E-state index >= 15 is 0 Å². The quantitative estimate of drug-likeness (QED) is 0.570. The van der Waals surface area contributed by atoms with Crippen LogP contribution < -0.4 is 5.73 Å². The Morgan fingerprint density at radius 2 is 1.64 bits per heavy atom. The van der Waals surface area contributed by atoms with Crippen LogP contribution in [0.25, 0.3) is 0 Å². The van der Waals surface area contributed by atoms with Crippen LogP contribution in [0, 0.1) is 0 Å². The zero-order valence-electron chi connectivity index (χ0n) is 12.8. The highest BCUT2D eigenvalue weighted by Gasteiger charge is 2.05. The summed E-state index contributed by atoms with van der Waals surface area (Å²) in [6.07, 6.45) is 2.19. The van der Waals surface area contributed by atoms with Crippen LogP contribution in [0.1, 0.15) is 34.3 Å². The molecule has 2 N–H and O–H groups in total. The lowest BCUT2D eigenvalue weighted by molar-refractivity contribution is 0.0940. The number of carbonyl (C=O) groups excluding carboxylic acids is 1. The molecule has 22 heavy (non-hydrogen) atoms. The molecule has 2 aromatic rings. The molecule has 2 rings (SSSR count). The van der Waals surface area contributed by atoms with Crippen molar-refractivity contribution in [2.24, 2.45) is 5.73 Å². The summed E-state index contributed by atoms with van der Waals surface area (Å²) in [6, 6.07) is 17.8. The molecule has 3 heteroatoms. The topological polar surface area (TPSA) is 52.3 Å². The minimum Gasteiger partial charge on any atom is -0.381 e. The van der Waals surface area contributed by atoms with E-state index in [4.69, 9.17) is 10.5 Å². The Kier molecular flexibility index (Phi) is 6.81. The van der Waals surface area contributed by atoms with Gasteiger partial charge in [0.25, 0.3) is 0 Å². The molecule has 0 radical (unpaired) electrons. The molecule has 0 aliphatic heterocycles. The van der Waals surface area contributed by atoms with Crippen molar-refractivity contribution in [2.75, 3.05) is 13.2 Å². The first-order valence-electron chi connectivity index (χ1n) is 7.73. The molecule has 2 aromatic carbocycles. The molecule has 0 unspecified atom stereocenters. The van der Waals surface area contributed by atoms with Crippen LogP contribution >= 0.6 is 0 Å². The van der Waals surface area contributed by atoms with Gasteiger partial charge < -0.3 is 10.5 Å². The Hall–Kier alpha value is -1.97. The van der Waals surface area contributed by atoms with Crippen LogP contribution in [-0.4, -0.2) is 19.0 Å². The van der Waals surface area contributed by atoms with Crippen LogP contribution in [0.15, 0.2) is 54.6 Å². The van der Waals surface area contributed by atoms with E-state index in [1.807, 2.05) is 42.5 Å². The fraction of sp³-hybridized carbons (Fsp3) is 0.316. The van der Waals surface area contributed by atoms with Gasteiger partial charge in [0.15, 0.2) is 5.78 Å². The predicted molar refractivity (Wildman–Crippen MR) is 88.9 cm³/mol. The largest absolute Gasteiger partial charge is 0.381 e. The zero-order valence-corrected chi connectivity index (χ0v) is 12.8. The number of hydrogen-bond acceptors (Lipinski definition) is 3. The third-order valence-corrected chi connectivity index (χ3v) is 3.58. The number of rotatable bonds is 9. The molecule has 0 aliphatic rings. The summed E-state index contributed by atoms with van der Waals surface area (Å²) in [6.45, 7) is 1.83. The van der Waals surface area contributed by atoms with Gasteiger partial charge in [-0.05, 0) is 24.0 Å². The van der Waals surface area contributed by atoms with Crippen LogP contribution in [0.3, 0.4) is 0 Å². The number of ketones is 1. The van der Waals surface area contributed by atoms with Gasteiger partial charge in [0.1, 0.15) is 0 Å². The smallest absolute Gasteiger partial charge is 0.162 e. The highest BCUT2D eigenvalue weighted by molar-refractivity contribution is 5.96. The highest BCUT2D eigenvalue weighted by atomic mass is 16.5. The Balaban J connectivity index is 1.60. The number of Topliss-reactive ketones (excluding diaryl/α,β-unsaturated/α-hetero) is 1. The lowest BCUT2D eigenvalue weighted by Gasteiger charge is -2.05. The van der Waals surface area contributed by atoms with Gasteiger partial charge in [-0.1, -0.05) is 54.6 Å². The van der Waals surface area contributed by atoms with Gasteiger partial charge in [-0.15, -0.1) is 0 Å². The Morgan fingerprint density at radius 1 is 0.909 bits per heavy atom. The van der Waals surface area contributed by atoms with E-state index in [0.29, 0.717) is 26.2 Å². The van der Waals surface area contributed by atoms with E-state index < -0.39 is 0 Å². The van der Waals surface area contributed by atoms with E-state index in [-0.39, 0.29) is 5.78 Å². The average Bonchev–Trinajstić information content (AvgIpc) is 2.58. The summed E-state index contributed by atoms with van der Waals surface area (Å²) in [5, 5.41) is 0. The summed E-state index contributed by atoms with van der Waals surface area (Å²) in [5.41, 5.74) is 8.61.